The second kappa shape index (κ2) is 8.55. The van der Waals surface area contributed by atoms with E-state index in [0.29, 0.717) is 22.9 Å². The van der Waals surface area contributed by atoms with Crippen LogP contribution in [-0.4, -0.2) is 24.0 Å². The molecule has 0 fully saturated rings. The number of hydrogen-bond donors (Lipinski definition) is 0. The van der Waals surface area contributed by atoms with Crippen molar-refractivity contribution in [2.45, 2.75) is 32.9 Å². The summed E-state index contributed by atoms with van der Waals surface area (Å²) in [6.45, 7) is 4.46. The van der Waals surface area contributed by atoms with Crippen LogP contribution in [0.25, 0.3) is 0 Å². The Hall–Kier alpha value is -2.51. The first kappa shape index (κ1) is 18.8. The monoisotopic (exact) mass is 356 g/mol. The van der Waals surface area contributed by atoms with Crippen LogP contribution in [0.5, 0.6) is 5.75 Å². The molecular weight excluding hydrogens is 336 g/mol. The molecule has 0 saturated heterocycles. The lowest BCUT2D eigenvalue weighted by Crippen LogP contribution is -2.37. The van der Waals surface area contributed by atoms with Gasteiger partial charge in [-0.25, -0.2) is 0 Å². The normalized spacial score (nSPS) is 10.4. The SMILES string of the molecule is COc1ccc(Cl)cc1CC(=O)N(Cc1ccc(C#N)cc1)C(C)C. The Kier molecular flexibility index (Phi) is 6.44. The molecule has 0 heterocycles. The van der Waals surface area contributed by atoms with E-state index in [1.165, 1.54) is 0 Å². The van der Waals surface area contributed by atoms with Crippen LogP contribution >= 0.6 is 11.6 Å². The van der Waals surface area contributed by atoms with E-state index in [2.05, 4.69) is 6.07 Å². The third-order valence-electron chi connectivity index (χ3n) is 3.96. The molecule has 0 saturated carbocycles. The number of benzene rings is 2. The first-order valence-corrected chi connectivity index (χ1v) is 8.43. The molecule has 0 aliphatic rings. The van der Waals surface area contributed by atoms with Gasteiger partial charge >= 0.3 is 0 Å². The number of methoxy groups -OCH3 is 1. The van der Waals surface area contributed by atoms with Crippen molar-refractivity contribution in [3.05, 3.63) is 64.2 Å². The number of amides is 1. The number of nitrogens with zero attached hydrogens (tertiary/aromatic N) is 2. The van der Waals surface area contributed by atoms with Crippen molar-refractivity contribution >= 4 is 17.5 Å². The fourth-order valence-corrected chi connectivity index (χ4v) is 2.78. The lowest BCUT2D eigenvalue weighted by atomic mass is 10.1. The minimum Gasteiger partial charge on any atom is -0.496 e. The number of carbonyl (C=O) groups is 1. The van der Waals surface area contributed by atoms with E-state index in [4.69, 9.17) is 21.6 Å². The van der Waals surface area contributed by atoms with E-state index >= 15 is 0 Å². The molecule has 0 spiro atoms. The smallest absolute Gasteiger partial charge is 0.227 e. The maximum atomic E-state index is 12.8. The molecule has 130 valence electrons. The van der Waals surface area contributed by atoms with Crippen LogP contribution in [0.2, 0.25) is 5.02 Å². The summed E-state index contributed by atoms with van der Waals surface area (Å²) in [6.07, 6.45) is 0.220. The van der Waals surface area contributed by atoms with E-state index in [1.54, 1.807) is 37.4 Å². The van der Waals surface area contributed by atoms with Crippen LogP contribution in [0.1, 0.15) is 30.5 Å². The van der Waals surface area contributed by atoms with Gasteiger partial charge in [0.15, 0.2) is 0 Å². The zero-order valence-electron chi connectivity index (χ0n) is 14.6. The Bertz CT molecular complexity index is 779. The molecule has 0 aliphatic heterocycles. The Morgan fingerprint density at radius 1 is 1.24 bits per heavy atom. The highest BCUT2D eigenvalue weighted by atomic mass is 35.5. The van der Waals surface area contributed by atoms with Crippen molar-refractivity contribution in [1.29, 1.82) is 5.26 Å². The van der Waals surface area contributed by atoms with Crippen LogP contribution in [0.3, 0.4) is 0 Å². The summed E-state index contributed by atoms with van der Waals surface area (Å²) in [5.74, 6) is 0.653. The van der Waals surface area contributed by atoms with Crippen molar-refractivity contribution in [1.82, 2.24) is 4.90 Å². The van der Waals surface area contributed by atoms with Gasteiger partial charge < -0.3 is 9.64 Å². The molecule has 0 bridgehead atoms. The molecule has 5 heteroatoms. The Morgan fingerprint density at radius 2 is 1.92 bits per heavy atom. The van der Waals surface area contributed by atoms with Gasteiger partial charge in [0.1, 0.15) is 5.75 Å². The number of nitriles is 1. The van der Waals surface area contributed by atoms with Gasteiger partial charge in [0.25, 0.3) is 0 Å². The molecule has 0 aromatic heterocycles. The quantitative estimate of drug-likeness (QED) is 0.779. The summed E-state index contributed by atoms with van der Waals surface area (Å²) in [5, 5.41) is 9.46. The summed E-state index contributed by atoms with van der Waals surface area (Å²) < 4.78 is 5.33. The maximum Gasteiger partial charge on any atom is 0.227 e. The highest BCUT2D eigenvalue weighted by Crippen LogP contribution is 2.24. The van der Waals surface area contributed by atoms with E-state index < -0.39 is 0 Å². The highest BCUT2D eigenvalue weighted by molar-refractivity contribution is 6.30. The first-order valence-electron chi connectivity index (χ1n) is 8.05. The number of ether oxygens (including phenoxy) is 1. The Labute approximate surface area is 153 Å². The van der Waals surface area contributed by atoms with Gasteiger partial charge in [-0.1, -0.05) is 23.7 Å². The van der Waals surface area contributed by atoms with Crippen LogP contribution < -0.4 is 4.74 Å². The largest absolute Gasteiger partial charge is 0.496 e. The van der Waals surface area contributed by atoms with Crippen molar-refractivity contribution in [2.75, 3.05) is 7.11 Å². The first-order chi connectivity index (χ1) is 11.9. The van der Waals surface area contributed by atoms with Crippen molar-refractivity contribution < 1.29 is 9.53 Å². The van der Waals surface area contributed by atoms with Gasteiger partial charge in [-0.05, 0) is 49.7 Å². The molecule has 0 radical (unpaired) electrons. The molecule has 0 N–H and O–H groups in total. The topological polar surface area (TPSA) is 53.3 Å². The van der Waals surface area contributed by atoms with Crippen molar-refractivity contribution in [3.8, 4) is 11.8 Å². The summed E-state index contributed by atoms with van der Waals surface area (Å²) >= 11 is 6.05. The van der Waals surface area contributed by atoms with Gasteiger partial charge in [0.2, 0.25) is 5.91 Å². The van der Waals surface area contributed by atoms with Crippen LogP contribution in [0.4, 0.5) is 0 Å². The molecule has 2 aromatic rings. The van der Waals surface area contributed by atoms with Gasteiger partial charge in [0, 0.05) is 23.2 Å². The Morgan fingerprint density at radius 3 is 2.48 bits per heavy atom. The summed E-state index contributed by atoms with van der Waals surface area (Å²) in [7, 11) is 1.58. The lowest BCUT2D eigenvalue weighted by Gasteiger charge is -2.27. The second-order valence-corrected chi connectivity index (χ2v) is 6.49. The molecule has 1 amide bonds. The molecule has 2 aromatic carbocycles. The molecule has 2 rings (SSSR count). The average molecular weight is 357 g/mol. The van der Waals surface area contributed by atoms with E-state index in [-0.39, 0.29) is 18.4 Å². The maximum absolute atomic E-state index is 12.8. The summed E-state index contributed by atoms with van der Waals surface area (Å²) in [4.78, 5) is 14.6. The number of hydrogen-bond acceptors (Lipinski definition) is 3. The summed E-state index contributed by atoms with van der Waals surface area (Å²) in [6, 6.07) is 14.7. The number of halogens is 1. The van der Waals surface area contributed by atoms with Gasteiger partial charge in [0.05, 0.1) is 25.2 Å². The van der Waals surface area contributed by atoms with Crippen LogP contribution in [0, 0.1) is 11.3 Å². The van der Waals surface area contributed by atoms with Crippen molar-refractivity contribution in [2.24, 2.45) is 0 Å². The van der Waals surface area contributed by atoms with E-state index in [1.807, 2.05) is 30.9 Å². The van der Waals surface area contributed by atoms with Gasteiger partial charge in [-0.15, -0.1) is 0 Å². The molecule has 0 aliphatic carbocycles. The molecule has 4 nitrogen and oxygen atoms in total. The minimum absolute atomic E-state index is 0.0000682. The minimum atomic E-state index is -0.0000682. The fraction of sp³-hybridized carbons (Fsp3) is 0.300. The fourth-order valence-electron chi connectivity index (χ4n) is 2.59. The van der Waals surface area contributed by atoms with Gasteiger partial charge in [-0.3, -0.25) is 4.79 Å². The van der Waals surface area contributed by atoms with E-state index in [9.17, 15) is 4.79 Å². The molecular formula is C20H21ClN2O2. The third kappa shape index (κ3) is 4.98. The average Bonchev–Trinajstić information content (AvgIpc) is 2.60. The predicted molar refractivity (Wildman–Crippen MR) is 98.6 cm³/mol. The number of carbonyl (C=O) groups excluding carboxylic acids is 1. The third-order valence-corrected chi connectivity index (χ3v) is 4.20. The predicted octanol–water partition coefficient (Wildman–Crippen LogP) is 4.20. The molecule has 0 atom stereocenters. The molecule has 25 heavy (non-hydrogen) atoms. The Balaban J connectivity index is 2.18. The second-order valence-electron chi connectivity index (χ2n) is 6.06. The standard InChI is InChI=1S/C20H21ClN2O2/c1-14(2)23(13-16-6-4-15(12-22)5-7-16)20(24)11-17-10-18(21)8-9-19(17)25-3/h4-10,14H,11,13H2,1-3H3. The lowest BCUT2D eigenvalue weighted by molar-refractivity contribution is -0.132. The number of rotatable bonds is 6. The van der Waals surface area contributed by atoms with Gasteiger partial charge in [-0.2, -0.15) is 5.26 Å². The molecule has 0 unspecified atom stereocenters. The zero-order valence-corrected chi connectivity index (χ0v) is 15.4. The van der Waals surface area contributed by atoms with E-state index in [0.717, 1.165) is 11.1 Å². The van der Waals surface area contributed by atoms with Crippen LogP contribution in [-0.2, 0) is 17.8 Å². The zero-order chi connectivity index (χ0) is 18.4. The summed E-state index contributed by atoms with van der Waals surface area (Å²) in [5.41, 5.74) is 2.36. The van der Waals surface area contributed by atoms with Crippen LogP contribution in [0.15, 0.2) is 42.5 Å². The highest BCUT2D eigenvalue weighted by Gasteiger charge is 2.19. The van der Waals surface area contributed by atoms with Crippen molar-refractivity contribution in [3.63, 3.8) is 0 Å².